The van der Waals surface area contributed by atoms with Crippen molar-refractivity contribution in [2.24, 2.45) is 0 Å². The first-order valence-electron chi connectivity index (χ1n) is 5.12. The van der Waals surface area contributed by atoms with Crippen LogP contribution in [-0.4, -0.2) is 10.1 Å². The topological polar surface area (TPSA) is 36.0 Å². The van der Waals surface area contributed by atoms with E-state index >= 15 is 0 Å². The molecule has 2 aromatic heterocycles. The number of aliphatic hydroxyl groups excluding tert-OH is 1. The molecule has 0 aliphatic carbocycles. The molecule has 3 aromatic rings. The van der Waals surface area contributed by atoms with E-state index in [-0.39, 0.29) is 0 Å². The van der Waals surface area contributed by atoms with Crippen molar-refractivity contribution in [2.75, 3.05) is 0 Å². The summed E-state index contributed by atoms with van der Waals surface area (Å²) in [6.07, 6.45) is 1.39. The van der Waals surface area contributed by atoms with E-state index in [1.54, 1.807) is 11.3 Å². The van der Waals surface area contributed by atoms with Gasteiger partial charge in [-0.25, -0.2) is 0 Å². The standard InChI is InChI=1S/C13H11NOS/c15-13(11-4-6-16-8-11)10-1-2-12-9(7-10)3-5-14-12/h1-8,13-15H. The maximum atomic E-state index is 10.2. The van der Waals surface area contributed by atoms with Crippen LogP contribution in [0.4, 0.5) is 0 Å². The predicted molar refractivity (Wildman–Crippen MR) is 66.7 cm³/mol. The smallest absolute Gasteiger partial charge is 0.105 e. The molecule has 0 spiro atoms. The molecular weight excluding hydrogens is 218 g/mol. The Kier molecular flexibility index (Phi) is 2.27. The van der Waals surface area contributed by atoms with E-state index in [9.17, 15) is 5.11 Å². The first kappa shape index (κ1) is 9.63. The third kappa shape index (κ3) is 1.54. The van der Waals surface area contributed by atoms with Gasteiger partial charge in [-0.05, 0) is 51.5 Å². The number of thiophene rings is 1. The minimum atomic E-state index is -0.523. The minimum absolute atomic E-state index is 0.523. The van der Waals surface area contributed by atoms with Gasteiger partial charge >= 0.3 is 0 Å². The Hall–Kier alpha value is -1.58. The highest BCUT2D eigenvalue weighted by Crippen LogP contribution is 2.26. The highest BCUT2D eigenvalue weighted by atomic mass is 32.1. The van der Waals surface area contributed by atoms with Crippen LogP contribution >= 0.6 is 11.3 Å². The van der Waals surface area contributed by atoms with E-state index in [1.807, 2.05) is 47.3 Å². The van der Waals surface area contributed by atoms with E-state index in [1.165, 1.54) is 0 Å². The van der Waals surface area contributed by atoms with Crippen LogP contribution in [0.3, 0.4) is 0 Å². The fourth-order valence-electron chi connectivity index (χ4n) is 1.86. The molecule has 2 heterocycles. The van der Waals surface area contributed by atoms with Crippen LogP contribution < -0.4 is 0 Å². The molecule has 3 rings (SSSR count). The Morgan fingerprint density at radius 2 is 2.06 bits per heavy atom. The van der Waals surface area contributed by atoms with Gasteiger partial charge in [0.2, 0.25) is 0 Å². The number of rotatable bonds is 2. The Morgan fingerprint density at radius 3 is 2.88 bits per heavy atom. The second-order valence-corrected chi connectivity index (χ2v) is 4.56. The number of H-pyrrole nitrogens is 1. The number of aromatic nitrogens is 1. The molecule has 80 valence electrons. The van der Waals surface area contributed by atoms with E-state index in [2.05, 4.69) is 4.98 Å². The van der Waals surface area contributed by atoms with E-state index < -0.39 is 6.10 Å². The zero-order chi connectivity index (χ0) is 11.0. The lowest BCUT2D eigenvalue weighted by Crippen LogP contribution is -1.97. The van der Waals surface area contributed by atoms with Crippen LogP contribution in [0.1, 0.15) is 17.2 Å². The summed E-state index contributed by atoms with van der Waals surface area (Å²) < 4.78 is 0. The van der Waals surface area contributed by atoms with Crippen molar-refractivity contribution in [1.82, 2.24) is 4.98 Å². The molecule has 2 nitrogen and oxygen atoms in total. The van der Waals surface area contributed by atoms with Crippen LogP contribution in [0.25, 0.3) is 10.9 Å². The molecule has 0 saturated carbocycles. The number of aliphatic hydroxyl groups is 1. The van der Waals surface area contributed by atoms with Crippen molar-refractivity contribution in [1.29, 1.82) is 0 Å². The maximum absolute atomic E-state index is 10.2. The third-order valence-electron chi connectivity index (χ3n) is 2.75. The van der Waals surface area contributed by atoms with Gasteiger partial charge in [-0.3, -0.25) is 0 Å². The molecular formula is C13H11NOS. The molecule has 0 aliphatic rings. The fourth-order valence-corrected chi connectivity index (χ4v) is 2.54. The van der Waals surface area contributed by atoms with Gasteiger partial charge in [-0.2, -0.15) is 11.3 Å². The molecule has 3 heteroatoms. The zero-order valence-corrected chi connectivity index (χ0v) is 9.37. The first-order valence-corrected chi connectivity index (χ1v) is 6.06. The SMILES string of the molecule is OC(c1ccsc1)c1ccc2[nH]ccc2c1. The van der Waals surface area contributed by atoms with Crippen molar-refractivity contribution >= 4 is 22.2 Å². The van der Waals surface area contributed by atoms with Crippen molar-refractivity contribution in [3.8, 4) is 0 Å². The monoisotopic (exact) mass is 229 g/mol. The average molecular weight is 229 g/mol. The van der Waals surface area contributed by atoms with Crippen molar-refractivity contribution in [3.05, 3.63) is 58.4 Å². The van der Waals surface area contributed by atoms with Crippen LogP contribution in [0.5, 0.6) is 0 Å². The lowest BCUT2D eigenvalue weighted by molar-refractivity contribution is 0.221. The molecule has 2 N–H and O–H groups in total. The number of fused-ring (bicyclic) bond motifs is 1. The molecule has 0 amide bonds. The van der Waals surface area contributed by atoms with Crippen molar-refractivity contribution in [3.63, 3.8) is 0 Å². The minimum Gasteiger partial charge on any atom is -0.384 e. The molecule has 1 aromatic carbocycles. The number of hydrogen-bond donors (Lipinski definition) is 2. The van der Waals surface area contributed by atoms with E-state index in [4.69, 9.17) is 0 Å². The first-order chi connectivity index (χ1) is 7.84. The van der Waals surface area contributed by atoms with Gasteiger partial charge < -0.3 is 10.1 Å². The average Bonchev–Trinajstić information content (AvgIpc) is 2.98. The number of nitrogens with one attached hydrogen (secondary N) is 1. The van der Waals surface area contributed by atoms with Gasteiger partial charge in [0.25, 0.3) is 0 Å². The van der Waals surface area contributed by atoms with Crippen LogP contribution in [0.15, 0.2) is 47.3 Å². The summed E-state index contributed by atoms with van der Waals surface area (Å²) in [5.74, 6) is 0. The highest BCUT2D eigenvalue weighted by Gasteiger charge is 2.11. The van der Waals surface area contributed by atoms with Gasteiger partial charge in [-0.15, -0.1) is 0 Å². The molecule has 16 heavy (non-hydrogen) atoms. The fraction of sp³-hybridized carbons (Fsp3) is 0.0769. The Labute approximate surface area is 97.2 Å². The largest absolute Gasteiger partial charge is 0.384 e. The number of hydrogen-bond acceptors (Lipinski definition) is 2. The Balaban J connectivity index is 2.05. The van der Waals surface area contributed by atoms with Gasteiger partial charge in [0, 0.05) is 11.7 Å². The highest BCUT2D eigenvalue weighted by molar-refractivity contribution is 7.07. The number of benzene rings is 1. The predicted octanol–water partition coefficient (Wildman–Crippen LogP) is 3.31. The quantitative estimate of drug-likeness (QED) is 0.695. The van der Waals surface area contributed by atoms with Gasteiger partial charge in [0.05, 0.1) is 0 Å². The van der Waals surface area contributed by atoms with Gasteiger partial charge in [-0.1, -0.05) is 6.07 Å². The summed E-state index contributed by atoms with van der Waals surface area (Å²) in [5, 5.41) is 15.3. The zero-order valence-electron chi connectivity index (χ0n) is 8.55. The maximum Gasteiger partial charge on any atom is 0.105 e. The third-order valence-corrected chi connectivity index (χ3v) is 3.45. The van der Waals surface area contributed by atoms with Crippen LogP contribution in [0, 0.1) is 0 Å². The summed E-state index contributed by atoms with van der Waals surface area (Å²) in [4.78, 5) is 3.14. The molecule has 0 fully saturated rings. The molecule has 1 unspecified atom stereocenters. The normalized spacial score (nSPS) is 13.1. The molecule has 0 bridgehead atoms. The second-order valence-electron chi connectivity index (χ2n) is 3.78. The lowest BCUT2D eigenvalue weighted by atomic mass is 10.0. The van der Waals surface area contributed by atoms with Gasteiger partial charge in [0.1, 0.15) is 6.10 Å². The molecule has 0 saturated heterocycles. The lowest BCUT2D eigenvalue weighted by Gasteiger charge is -2.09. The Bertz CT molecular complexity index is 597. The Morgan fingerprint density at radius 1 is 1.12 bits per heavy atom. The van der Waals surface area contributed by atoms with Gasteiger partial charge in [0.15, 0.2) is 0 Å². The second kappa shape index (κ2) is 3.77. The van der Waals surface area contributed by atoms with E-state index in [0.29, 0.717) is 0 Å². The summed E-state index contributed by atoms with van der Waals surface area (Å²) in [6, 6.07) is 9.95. The van der Waals surface area contributed by atoms with Crippen molar-refractivity contribution in [2.45, 2.75) is 6.10 Å². The summed E-state index contributed by atoms with van der Waals surface area (Å²) in [6.45, 7) is 0. The van der Waals surface area contributed by atoms with E-state index in [0.717, 1.165) is 22.0 Å². The van der Waals surface area contributed by atoms with Crippen molar-refractivity contribution < 1.29 is 5.11 Å². The number of aromatic amines is 1. The van der Waals surface area contributed by atoms with Crippen LogP contribution in [-0.2, 0) is 0 Å². The molecule has 0 aliphatic heterocycles. The summed E-state index contributed by atoms with van der Waals surface area (Å²) in [7, 11) is 0. The summed E-state index contributed by atoms with van der Waals surface area (Å²) in [5.41, 5.74) is 2.99. The molecule has 1 atom stereocenters. The van der Waals surface area contributed by atoms with Crippen LogP contribution in [0.2, 0.25) is 0 Å². The summed E-state index contributed by atoms with van der Waals surface area (Å²) >= 11 is 1.60. The molecule has 0 radical (unpaired) electrons.